The second-order valence-electron chi connectivity index (χ2n) is 3.46. The Morgan fingerprint density at radius 2 is 2.00 bits per heavy atom. The fourth-order valence-corrected chi connectivity index (χ4v) is 1.98. The molecular formula is C11H8BrN3O. The zero-order valence-electron chi connectivity index (χ0n) is 8.22. The van der Waals surface area contributed by atoms with Gasteiger partial charge in [0.05, 0.1) is 11.0 Å². The largest absolute Gasteiger partial charge is 0.263 e. The summed E-state index contributed by atoms with van der Waals surface area (Å²) in [6.45, 7) is 0. The third kappa shape index (κ3) is 1.68. The number of benzene rings is 1. The van der Waals surface area contributed by atoms with Crippen LogP contribution in [0.15, 0.2) is 41.3 Å². The van der Waals surface area contributed by atoms with E-state index in [-0.39, 0.29) is 6.10 Å². The maximum absolute atomic E-state index is 5.36. The van der Waals surface area contributed by atoms with Crippen molar-refractivity contribution in [3.8, 4) is 0 Å². The highest BCUT2D eigenvalue weighted by molar-refractivity contribution is 9.11. The number of nitrogens with one attached hydrogen (secondary N) is 1. The van der Waals surface area contributed by atoms with Gasteiger partial charge in [0.1, 0.15) is 10.7 Å². The first-order chi connectivity index (χ1) is 7.83. The van der Waals surface area contributed by atoms with Crippen molar-refractivity contribution < 1.29 is 4.84 Å². The number of halogens is 1. The molecule has 0 aliphatic carbocycles. The molecule has 1 aliphatic heterocycles. The molecular weight excluding hydrogens is 270 g/mol. The second-order valence-corrected chi connectivity index (χ2v) is 4.31. The van der Waals surface area contributed by atoms with Gasteiger partial charge in [-0.2, -0.15) is 0 Å². The maximum atomic E-state index is 5.36. The molecule has 0 saturated heterocycles. The summed E-state index contributed by atoms with van der Waals surface area (Å²) in [6, 6.07) is 5.92. The predicted molar refractivity (Wildman–Crippen MR) is 63.5 cm³/mol. The summed E-state index contributed by atoms with van der Waals surface area (Å²) < 4.78 is 0.844. The number of fused-ring (bicyclic) bond motifs is 1. The molecule has 0 unspecified atom stereocenters. The Balaban J connectivity index is 2.05. The Morgan fingerprint density at radius 1 is 1.19 bits per heavy atom. The van der Waals surface area contributed by atoms with Crippen LogP contribution in [0.4, 0.5) is 0 Å². The van der Waals surface area contributed by atoms with Crippen molar-refractivity contribution in [1.29, 1.82) is 0 Å². The van der Waals surface area contributed by atoms with Gasteiger partial charge in [-0.1, -0.05) is 6.07 Å². The van der Waals surface area contributed by atoms with Gasteiger partial charge in [0.25, 0.3) is 0 Å². The van der Waals surface area contributed by atoms with Gasteiger partial charge in [0, 0.05) is 12.4 Å². The van der Waals surface area contributed by atoms with Crippen LogP contribution in [0.3, 0.4) is 0 Å². The summed E-state index contributed by atoms with van der Waals surface area (Å²) in [5.74, 6) is 0. The third-order valence-electron chi connectivity index (χ3n) is 2.40. The molecule has 0 saturated carbocycles. The van der Waals surface area contributed by atoms with E-state index < -0.39 is 0 Å². The van der Waals surface area contributed by atoms with Gasteiger partial charge in [-0.05, 0) is 39.7 Å². The lowest BCUT2D eigenvalue weighted by atomic mass is 10.1. The number of rotatable bonds is 1. The number of hydrogen-bond donors (Lipinski definition) is 1. The molecule has 0 spiro atoms. The van der Waals surface area contributed by atoms with E-state index >= 15 is 0 Å². The molecule has 2 aromatic rings. The first-order valence-corrected chi connectivity index (χ1v) is 5.62. The topological polar surface area (TPSA) is 47.0 Å². The molecule has 4 nitrogen and oxygen atoms in total. The molecule has 16 heavy (non-hydrogen) atoms. The SMILES string of the molecule is BrC1=C[C@H](c2ccc3nccnc3c2)ON1. The molecule has 0 amide bonds. The van der Waals surface area contributed by atoms with Crippen LogP contribution in [0.2, 0.25) is 0 Å². The van der Waals surface area contributed by atoms with Gasteiger partial charge in [0.15, 0.2) is 0 Å². The fraction of sp³-hybridized carbons (Fsp3) is 0.0909. The van der Waals surface area contributed by atoms with E-state index in [9.17, 15) is 0 Å². The lowest BCUT2D eigenvalue weighted by Gasteiger charge is -2.07. The molecule has 1 atom stereocenters. The van der Waals surface area contributed by atoms with Crippen molar-refractivity contribution >= 4 is 27.0 Å². The van der Waals surface area contributed by atoms with Gasteiger partial charge in [-0.15, -0.1) is 0 Å². The number of aromatic nitrogens is 2. The van der Waals surface area contributed by atoms with Crippen LogP contribution < -0.4 is 5.48 Å². The average Bonchev–Trinajstić information content (AvgIpc) is 2.75. The standard InChI is InChI=1S/C11H8BrN3O/c12-11-6-10(16-15-11)7-1-2-8-9(5-7)14-4-3-13-8/h1-6,10,15H/t10-/m1/s1. The van der Waals surface area contributed by atoms with E-state index in [0.717, 1.165) is 21.2 Å². The van der Waals surface area contributed by atoms with Crippen molar-refractivity contribution in [2.45, 2.75) is 6.10 Å². The quantitative estimate of drug-likeness (QED) is 0.814. The molecule has 0 fully saturated rings. The molecule has 5 heteroatoms. The van der Waals surface area contributed by atoms with E-state index in [2.05, 4.69) is 31.4 Å². The van der Waals surface area contributed by atoms with Crippen molar-refractivity contribution in [2.24, 2.45) is 0 Å². The minimum Gasteiger partial charge on any atom is -0.263 e. The second kappa shape index (κ2) is 3.84. The van der Waals surface area contributed by atoms with Crippen molar-refractivity contribution in [1.82, 2.24) is 15.4 Å². The molecule has 0 bridgehead atoms. The number of hydrogen-bond acceptors (Lipinski definition) is 4. The van der Waals surface area contributed by atoms with Crippen LogP contribution in [0.5, 0.6) is 0 Å². The van der Waals surface area contributed by atoms with E-state index in [4.69, 9.17) is 4.84 Å². The minimum absolute atomic E-state index is 0.0826. The third-order valence-corrected chi connectivity index (χ3v) is 2.83. The summed E-state index contributed by atoms with van der Waals surface area (Å²) in [7, 11) is 0. The summed E-state index contributed by atoms with van der Waals surface area (Å²) >= 11 is 3.32. The zero-order valence-corrected chi connectivity index (χ0v) is 9.81. The normalized spacial score (nSPS) is 19.6. The number of nitrogens with zero attached hydrogens (tertiary/aromatic N) is 2. The van der Waals surface area contributed by atoms with Crippen LogP contribution in [0.25, 0.3) is 11.0 Å². The summed E-state index contributed by atoms with van der Waals surface area (Å²) in [5.41, 5.74) is 5.57. The predicted octanol–water partition coefficient (Wildman–Crippen LogP) is 2.44. The Bertz CT molecular complexity index is 570. The van der Waals surface area contributed by atoms with E-state index in [0.29, 0.717) is 0 Å². The van der Waals surface area contributed by atoms with Crippen LogP contribution in [0.1, 0.15) is 11.7 Å². The molecule has 2 heterocycles. The Kier molecular flexibility index (Phi) is 2.34. The van der Waals surface area contributed by atoms with Gasteiger partial charge in [0.2, 0.25) is 0 Å². The molecule has 3 rings (SSSR count). The van der Waals surface area contributed by atoms with Crippen LogP contribution in [-0.4, -0.2) is 9.97 Å². The highest BCUT2D eigenvalue weighted by atomic mass is 79.9. The lowest BCUT2D eigenvalue weighted by molar-refractivity contribution is 0.0458. The van der Waals surface area contributed by atoms with E-state index in [1.54, 1.807) is 12.4 Å². The summed E-state index contributed by atoms with van der Waals surface area (Å²) in [5, 5.41) is 0. The van der Waals surface area contributed by atoms with E-state index in [1.165, 1.54) is 0 Å². The summed E-state index contributed by atoms with van der Waals surface area (Å²) in [6.07, 6.45) is 5.25. The Hall–Kier alpha value is -1.46. The first kappa shape index (κ1) is 9.74. The Morgan fingerprint density at radius 3 is 2.75 bits per heavy atom. The first-order valence-electron chi connectivity index (χ1n) is 4.82. The van der Waals surface area contributed by atoms with Gasteiger partial charge in [-0.3, -0.25) is 20.3 Å². The monoisotopic (exact) mass is 277 g/mol. The van der Waals surface area contributed by atoms with Crippen LogP contribution in [0, 0.1) is 0 Å². The molecule has 0 radical (unpaired) electrons. The maximum Gasteiger partial charge on any atom is 0.131 e. The van der Waals surface area contributed by atoms with Crippen molar-refractivity contribution in [2.75, 3.05) is 0 Å². The summed E-state index contributed by atoms with van der Waals surface area (Å²) in [4.78, 5) is 13.8. The van der Waals surface area contributed by atoms with Gasteiger partial charge >= 0.3 is 0 Å². The zero-order chi connectivity index (χ0) is 11.0. The Labute approximate surface area is 100 Å². The molecule has 1 aliphatic rings. The molecule has 1 aromatic carbocycles. The minimum atomic E-state index is -0.0826. The van der Waals surface area contributed by atoms with Crippen molar-refractivity contribution in [3.05, 3.63) is 46.8 Å². The highest BCUT2D eigenvalue weighted by Gasteiger charge is 2.17. The molecule has 80 valence electrons. The van der Waals surface area contributed by atoms with E-state index in [1.807, 2.05) is 24.3 Å². The van der Waals surface area contributed by atoms with Gasteiger partial charge in [-0.25, -0.2) is 0 Å². The highest BCUT2D eigenvalue weighted by Crippen LogP contribution is 2.27. The smallest absolute Gasteiger partial charge is 0.131 e. The molecule has 1 N–H and O–H groups in total. The fourth-order valence-electron chi connectivity index (χ4n) is 1.64. The van der Waals surface area contributed by atoms with Crippen LogP contribution >= 0.6 is 15.9 Å². The van der Waals surface area contributed by atoms with Crippen LogP contribution in [-0.2, 0) is 4.84 Å². The number of hydroxylamine groups is 1. The molecule has 1 aromatic heterocycles. The lowest BCUT2D eigenvalue weighted by Crippen LogP contribution is -2.05. The average molecular weight is 278 g/mol. The van der Waals surface area contributed by atoms with Crippen molar-refractivity contribution in [3.63, 3.8) is 0 Å². The van der Waals surface area contributed by atoms with Gasteiger partial charge < -0.3 is 0 Å².